The smallest absolute Gasteiger partial charge is 0.331 e. The van der Waals surface area contributed by atoms with Gasteiger partial charge in [0.2, 0.25) is 0 Å². The van der Waals surface area contributed by atoms with Crippen LogP contribution in [0.15, 0.2) is 64.2 Å². The highest BCUT2D eigenvalue weighted by molar-refractivity contribution is 5.91. The van der Waals surface area contributed by atoms with E-state index in [1.54, 1.807) is 43.4 Å². The molecule has 2 aromatic heterocycles. The van der Waals surface area contributed by atoms with Gasteiger partial charge in [0.15, 0.2) is 6.61 Å². The normalized spacial score (nSPS) is 10.8. The highest BCUT2D eigenvalue weighted by Gasteiger charge is 2.16. The number of fused-ring (bicyclic) bond motifs is 1. The van der Waals surface area contributed by atoms with Crippen LogP contribution in [-0.2, 0) is 18.9 Å². The van der Waals surface area contributed by atoms with Crippen molar-refractivity contribution in [2.75, 3.05) is 19.0 Å². The van der Waals surface area contributed by atoms with Gasteiger partial charge in [0, 0.05) is 31.4 Å². The summed E-state index contributed by atoms with van der Waals surface area (Å²) in [6, 6.07) is 16.0. The Kier molecular flexibility index (Phi) is 5.55. The van der Waals surface area contributed by atoms with Crippen molar-refractivity contribution >= 4 is 22.6 Å². The molecular weight excluding hydrogens is 412 g/mol. The van der Waals surface area contributed by atoms with Crippen LogP contribution in [0.5, 0.6) is 11.5 Å². The van der Waals surface area contributed by atoms with Crippen LogP contribution in [0.4, 0.5) is 5.69 Å². The van der Waals surface area contributed by atoms with Gasteiger partial charge in [-0.2, -0.15) is 0 Å². The van der Waals surface area contributed by atoms with Crippen LogP contribution in [0.25, 0.3) is 22.3 Å². The molecule has 2 N–H and O–H groups in total. The third-order valence-corrected chi connectivity index (χ3v) is 5.14. The number of aromatic nitrogens is 3. The van der Waals surface area contributed by atoms with Gasteiger partial charge in [-0.25, -0.2) is 4.79 Å². The molecule has 0 aliphatic heterocycles. The lowest BCUT2D eigenvalue weighted by molar-refractivity contribution is -0.118. The number of carbonyl (C=O) groups is 1. The third-order valence-electron chi connectivity index (χ3n) is 5.14. The van der Waals surface area contributed by atoms with E-state index < -0.39 is 11.2 Å². The molecule has 4 aromatic rings. The topological polar surface area (TPSA) is 107 Å². The molecule has 4 rings (SSSR count). The lowest BCUT2D eigenvalue weighted by atomic mass is 10.1. The van der Waals surface area contributed by atoms with E-state index in [0.717, 1.165) is 4.57 Å². The molecule has 1 amide bonds. The molecule has 0 saturated heterocycles. The van der Waals surface area contributed by atoms with Gasteiger partial charge >= 0.3 is 5.69 Å². The Hall–Kier alpha value is -4.27. The monoisotopic (exact) mass is 434 g/mol. The van der Waals surface area contributed by atoms with E-state index in [4.69, 9.17) is 9.47 Å². The average molecular weight is 434 g/mol. The number of H-pyrrole nitrogens is 1. The van der Waals surface area contributed by atoms with Crippen molar-refractivity contribution in [1.29, 1.82) is 0 Å². The van der Waals surface area contributed by atoms with Crippen molar-refractivity contribution in [2.24, 2.45) is 14.1 Å². The summed E-state index contributed by atoms with van der Waals surface area (Å²) in [6.07, 6.45) is 0. The maximum atomic E-state index is 12.5. The molecule has 0 aliphatic carbocycles. The molecule has 0 spiro atoms. The van der Waals surface area contributed by atoms with Gasteiger partial charge in [0.1, 0.15) is 17.0 Å². The fourth-order valence-electron chi connectivity index (χ4n) is 3.45. The molecule has 2 heterocycles. The van der Waals surface area contributed by atoms with Crippen molar-refractivity contribution in [3.63, 3.8) is 0 Å². The van der Waals surface area contributed by atoms with Crippen molar-refractivity contribution in [1.82, 2.24) is 14.1 Å². The number of methoxy groups -OCH3 is 1. The Labute approximate surface area is 182 Å². The summed E-state index contributed by atoms with van der Waals surface area (Å²) in [7, 11) is 4.56. The highest BCUT2D eigenvalue weighted by Crippen LogP contribution is 2.33. The summed E-state index contributed by atoms with van der Waals surface area (Å²) in [6.45, 7) is -0.165. The lowest BCUT2D eigenvalue weighted by Gasteiger charge is -2.11. The first-order valence-corrected chi connectivity index (χ1v) is 9.84. The molecule has 164 valence electrons. The van der Waals surface area contributed by atoms with E-state index >= 15 is 0 Å². The zero-order chi connectivity index (χ0) is 22.8. The number of nitrogens with one attached hydrogen (secondary N) is 2. The second-order valence-electron chi connectivity index (χ2n) is 7.21. The molecule has 0 aliphatic rings. The van der Waals surface area contributed by atoms with Gasteiger partial charge < -0.3 is 19.8 Å². The van der Waals surface area contributed by atoms with E-state index in [2.05, 4.69) is 10.3 Å². The molecule has 0 radical (unpaired) electrons. The Morgan fingerprint density at radius 2 is 1.78 bits per heavy atom. The quantitative estimate of drug-likeness (QED) is 0.484. The van der Waals surface area contributed by atoms with Crippen molar-refractivity contribution in [3.05, 3.63) is 75.4 Å². The van der Waals surface area contributed by atoms with Crippen LogP contribution in [-0.4, -0.2) is 33.7 Å². The number of aryl methyl sites for hydroxylation is 1. The number of rotatable bonds is 6. The standard InChI is InChI=1S/C23H22N4O5/c1-26-18-12-17(25-21(18)22(29)27(2)23(26)30)16-10-9-15(11-19(16)31-3)32-13-20(28)24-14-7-5-4-6-8-14/h4-12,25H,13H2,1-3H3,(H,24,28). The third kappa shape index (κ3) is 3.87. The van der Waals surface area contributed by atoms with E-state index in [1.165, 1.54) is 18.7 Å². The Bertz CT molecular complexity index is 1420. The number of aromatic amines is 1. The average Bonchev–Trinajstić information content (AvgIpc) is 3.26. The van der Waals surface area contributed by atoms with Crippen LogP contribution in [0.1, 0.15) is 0 Å². The number of hydrogen-bond acceptors (Lipinski definition) is 5. The summed E-state index contributed by atoms with van der Waals surface area (Å²) < 4.78 is 13.6. The van der Waals surface area contributed by atoms with Crippen LogP contribution in [0.2, 0.25) is 0 Å². The van der Waals surface area contributed by atoms with Crippen LogP contribution < -0.4 is 26.0 Å². The number of benzene rings is 2. The second-order valence-corrected chi connectivity index (χ2v) is 7.21. The van der Waals surface area contributed by atoms with Gasteiger partial charge in [0.05, 0.1) is 18.3 Å². The SMILES string of the molecule is COc1cc(OCC(=O)Nc2ccccc2)ccc1-c1cc2c([nH]1)c(=O)n(C)c(=O)n2C. The summed E-state index contributed by atoms with van der Waals surface area (Å²) in [5.41, 5.74) is 1.99. The zero-order valence-electron chi connectivity index (χ0n) is 17.8. The maximum absolute atomic E-state index is 12.5. The van der Waals surface area contributed by atoms with Gasteiger partial charge in [-0.15, -0.1) is 0 Å². The number of hydrogen-bond donors (Lipinski definition) is 2. The highest BCUT2D eigenvalue weighted by atomic mass is 16.5. The number of carbonyl (C=O) groups excluding carboxylic acids is 1. The summed E-state index contributed by atoms with van der Waals surface area (Å²) in [5.74, 6) is 0.652. The molecule has 9 heteroatoms. The first-order chi connectivity index (χ1) is 15.4. The molecule has 2 aromatic carbocycles. The molecule has 32 heavy (non-hydrogen) atoms. The summed E-state index contributed by atoms with van der Waals surface area (Å²) in [4.78, 5) is 39.9. The van der Waals surface area contributed by atoms with Gasteiger partial charge in [0.25, 0.3) is 11.5 Å². The van der Waals surface area contributed by atoms with E-state index in [9.17, 15) is 14.4 Å². The van der Waals surface area contributed by atoms with Crippen LogP contribution >= 0.6 is 0 Å². The minimum absolute atomic E-state index is 0.165. The minimum Gasteiger partial charge on any atom is -0.496 e. The minimum atomic E-state index is -0.405. The Balaban J connectivity index is 1.58. The van der Waals surface area contributed by atoms with Gasteiger partial charge in [-0.05, 0) is 30.3 Å². The Morgan fingerprint density at radius 3 is 2.50 bits per heavy atom. The van der Waals surface area contributed by atoms with Crippen LogP contribution in [0.3, 0.4) is 0 Å². The second kappa shape index (κ2) is 8.46. The molecule has 0 saturated carbocycles. The van der Waals surface area contributed by atoms with Crippen LogP contribution in [0, 0.1) is 0 Å². The fraction of sp³-hybridized carbons (Fsp3) is 0.174. The first kappa shape index (κ1) is 21.0. The van der Waals surface area contributed by atoms with E-state index in [0.29, 0.717) is 39.5 Å². The van der Waals surface area contributed by atoms with Crippen molar-refractivity contribution < 1.29 is 14.3 Å². The Morgan fingerprint density at radius 1 is 1.03 bits per heavy atom. The predicted octanol–water partition coefficient (Wildman–Crippen LogP) is 2.26. The molecule has 9 nitrogen and oxygen atoms in total. The molecule has 0 bridgehead atoms. The van der Waals surface area contributed by atoms with E-state index in [1.807, 2.05) is 18.2 Å². The molecule has 0 unspecified atom stereocenters. The maximum Gasteiger partial charge on any atom is 0.331 e. The number of ether oxygens (including phenoxy) is 2. The molecule has 0 fully saturated rings. The number of para-hydroxylation sites is 1. The van der Waals surface area contributed by atoms with Crippen molar-refractivity contribution in [2.45, 2.75) is 0 Å². The molecule has 0 atom stereocenters. The number of amides is 1. The number of nitrogens with zero attached hydrogens (tertiary/aromatic N) is 2. The summed E-state index contributed by atoms with van der Waals surface area (Å²) in [5, 5.41) is 2.75. The van der Waals surface area contributed by atoms with Crippen molar-refractivity contribution in [3.8, 4) is 22.8 Å². The predicted molar refractivity (Wildman–Crippen MR) is 121 cm³/mol. The fourth-order valence-corrected chi connectivity index (χ4v) is 3.45. The largest absolute Gasteiger partial charge is 0.496 e. The molecular formula is C23H22N4O5. The van der Waals surface area contributed by atoms with Gasteiger partial charge in [-0.1, -0.05) is 18.2 Å². The van der Waals surface area contributed by atoms with Gasteiger partial charge in [-0.3, -0.25) is 18.7 Å². The van der Waals surface area contributed by atoms with E-state index in [-0.39, 0.29) is 12.5 Å². The summed E-state index contributed by atoms with van der Waals surface area (Å²) >= 11 is 0. The lowest BCUT2D eigenvalue weighted by Crippen LogP contribution is -2.36. The number of anilines is 1. The first-order valence-electron chi connectivity index (χ1n) is 9.84. The zero-order valence-corrected chi connectivity index (χ0v) is 17.8.